The number of anilines is 1. The molecule has 0 amide bonds. The van der Waals surface area contributed by atoms with Gasteiger partial charge in [0.2, 0.25) is 0 Å². The zero-order chi connectivity index (χ0) is 21.4. The molecule has 0 saturated carbocycles. The zero-order valence-electron chi connectivity index (χ0n) is 17.7. The van der Waals surface area contributed by atoms with Gasteiger partial charge in [0.15, 0.2) is 0 Å². The average Bonchev–Trinajstić information content (AvgIpc) is 3.33. The highest BCUT2D eigenvalue weighted by Gasteiger charge is 2.23. The highest BCUT2D eigenvalue weighted by atomic mass is 16.5. The smallest absolute Gasteiger partial charge is 0.130 e. The summed E-state index contributed by atoms with van der Waals surface area (Å²) in [5.41, 5.74) is 6.51. The molecule has 1 fully saturated rings. The van der Waals surface area contributed by atoms with Crippen LogP contribution in [-0.2, 0) is 11.3 Å². The molecular weight excluding hydrogens is 390 g/mol. The second-order valence-electron chi connectivity index (χ2n) is 7.99. The van der Waals surface area contributed by atoms with Gasteiger partial charge >= 0.3 is 0 Å². The lowest BCUT2D eigenvalue weighted by Crippen LogP contribution is -2.44. The van der Waals surface area contributed by atoms with Gasteiger partial charge in [0.1, 0.15) is 17.0 Å². The Morgan fingerprint density at radius 1 is 1.26 bits per heavy atom. The monoisotopic (exact) mass is 415 g/mol. The molecule has 1 aliphatic rings. The molecule has 5 rings (SSSR count). The number of hydrogen-bond donors (Lipinski definition) is 2. The predicted molar refractivity (Wildman–Crippen MR) is 121 cm³/mol. The summed E-state index contributed by atoms with van der Waals surface area (Å²) in [5.74, 6) is 0.904. The summed E-state index contributed by atoms with van der Waals surface area (Å²) < 4.78 is 5.65. The van der Waals surface area contributed by atoms with Crippen LogP contribution < -0.4 is 4.90 Å². The first-order valence-electron chi connectivity index (χ1n) is 10.5. The normalized spacial score (nSPS) is 16.7. The van der Waals surface area contributed by atoms with Gasteiger partial charge in [0.05, 0.1) is 31.6 Å². The van der Waals surface area contributed by atoms with Gasteiger partial charge in [0.25, 0.3) is 0 Å². The number of hydrogen-bond acceptors (Lipinski definition) is 6. The summed E-state index contributed by atoms with van der Waals surface area (Å²) in [6.45, 7) is 6.36. The molecule has 0 bridgehead atoms. The van der Waals surface area contributed by atoms with Gasteiger partial charge in [-0.3, -0.25) is 10.1 Å². The van der Waals surface area contributed by atoms with Crippen LogP contribution >= 0.6 is 0 Å². The molecule has 0 unspecified atom stereocenters. The average molecular weight is 415 g/mol. The molecule has 1 aliphatic heterocycles. The summed E-state index contributed by atoms with van der Waals surface area (Å²) in [6, 6.07) is 12.3. The Labute approximate surface area is 180 Å². The number of benzene rings is 1. The van der Waals surface area contributed by atoms with Crippen molar-refractivity contribution in [2.45, 2.75) is 26.5 Å². The Bertz CT molecular complexity index is 1220. The fourth-order valence-corrected chi connectivity index (χ4v) is 4.25. The summed E-state index contributed by atoms with van der Waals surface area (Å²) in [7, 11) is 0. The molecule has 7 heteroatoms. The quantitative estimate of drug-likeness (QED) is 0.528. The van der Waals surface area contributed by atoms with E-state index in [9.17, 15) is 5.11 Å². The van der Waals surface area contributed by atoms with E-state index in [2.05, 4.69) is 41.1 Å². The fraction of sp³-hybridized carbons (Fsp3) is 0.292. The minimum atomic E-state index is 0.00411. The molecule has 1 atom stereocenters. The molecule has 158 valence electrons. The number of nitrogens with one attached hydrogen (secondary N) is 1. The Morgan fingerprint density at radius 3 is 2.94 bits per heavy atom. The standard InChI is InChI=1S/C24H25N5O2/c1-15-12-25-23(20-6-7-26-28-20)24-22(15)19(18-5-3-4-17(10-18)13-30)11-21(27-24)29-8-9-31-14-16(29)2/h3-7,10-12,16,30H,8-9,13-14H2,1-2H3,(H,26,28)/t16-/m1/s1. The van der Waals surface area contributed by atoms with Crippen molar-refractivity contribution in [2.75, 3.05) is 24.7 Å². The van der Waals surface area contributed by atoms with Gasteiger partial charge < -0.3 is 14.7 Å². The number of rotatable bonds is 4. The molecule has 3 aromatic heterocycles. The first kappa shape index (κ1) is 19.7. The maximum atomic E-state index is 9.68. The van der Waals surface area contributed by atoms with Crippen molar-refractivity contribution in [3.8, 4) is 22.5 Å². The number of aryl methyl sites for hydroxylation is 1. The van der Waals surface area contributed by atoms with Crippen LogP contribution in [0.15, 0.2) is 48.8 Å². The van der Waals surface area contributed by atoms with Crippen molar-refractivity contribution in [3.05, 3.63) is 59.9 Å². The highest BCUT2D eigenvalue weighted by molar-refractivity contribution is 6.03. The number of aromatic amines is 1. The molecule has 4 aromatic rings. The summed E-state index contributed by atoms with van der Waals surface area (Å²) in [4.78, 5) is 12.1. The molecule has 31 heavy (non-hydrogen) atoms. The lowest BCUT2D eigenvalue weighted by Gasteiger charge is -2.34. The minimum absolute atomic E-state index is 0.00411. The van der Waals surface area contributed by atoms with Crippen molar-refractivity contribution in [1.29, 1.82) is 0 Å². The lowest BCUT2D eigenvalue weighted by atomic mass is 9.96. The van der Waals surface area contributed by atoms with E-state index in [1.807, 2.05) is 30.5 Å². The number of fused-ring (bicyclic) bond motifs is 1. The lowest BCUT2D eigenvalue weighted by molar-refractivity contribution is 0.0986. The van der Waals surface area contributed by atoms with E-state index in [4.69, 9.17) is 14.7 Å². The fourth-order valence-electron chi connectivity index (χ4n) is 4.25. The van der Waals surface area contributed by atoms with Crippen LogP contribution in [0.2, 0.25) is 0 Å². The summed E-state index contributed by atoms with van der Waals surface area (Å²) in [6.07, 6.45) is 3.61. The van der Waals surface area contributed by atoms with E-state index >= 15 is 0 Å². The Balaban J connectivity index is 1.82. The highest BCUT2D eigenvalue weighted by Crippen LogP contribution is 2.37. The van der Waals surface area contributed by atoms with Crippen LogP contribution in [0.3, 0.4) is 0 Å². The van der Waals surface area contributed by atoms with Crippen LogP contribution in [-0.4, -0.2) is 51.1 Å². The Kier molecular flexibility index (Phi) is 5.13. The van der Waals surface area contributed by atoms with Crippen LogP contribution in [0.5, 0.6) is 0 Å². The third kappa shape index (κ3) is 3.56. The third-order valence-corrected chi connectivity index (χ3v) is 5.85. The maximum Gasteiger partial charge on any atom is 0.130 e. The number of aliphatic hydroxyl groups is 1. The number of morpholine rings is 1. The molecule has 1 aromatic carbocycles. The molecule has 1 saturated heterocycles. The van der Waals surface area contributed by atoms with E-state index in [-0.39, 0.29) is 12.6 Å². The number of pyridine rings is 2. The predicted octanol–water partition coefficient (Wildman–Crippen LogP) is 3.71. The largest absolute Gasteiger partial charge is 0.392 e. The van der Waals surface area contributed by atoms with Gasteiger partial charge in [-0.05, 0) is 54.3 Å². The Hall–Kier alpha value is -3.29. The van der Waals surface area contributed by atoms with Crippen molar-refractivity contribution >= 4 is 16.7 Å². The van der Waals surface area contributed by atoms with Crippen LogP contribution in [0, 0.1) is 6.92 Å². The van der Waals surface area contributed by atoms with Crippen LogP contribution in [0.25, 0.3) is 33.4 Å². The molecule has 2 N–H and O–H groups in total. The SMILES string of the molecule is Cc1cnc(-c2ccn[nH]2)c2nc(N3CCOC[C@H]3C)cc(-c3cccc(CO)c3)c12. The summed E-state index contributed by atoms with van der Waals surface area (Å²) >= 11 is 0. The molecule has 4 heterocycles. The minimum Gasteiger partial charge on any atom is -0.392 e. The number of H-pyrrole nitrogens is 1. The molecule has 0 aliphatic carbocycles. The summed E-state index contributed by atoms with van der Waals surface area (Å²) in [5, 5.41) is 17.9. The van der Waals surface area contributed by atoms with E-state index in [1.165, 1.54) is 0 Å². The van der Waals surface area contributed by atoms with Gasteiger partial charge in [0, 0.05) is 24.3 Å². The Morgan fingerprint density at radius 2 is 2.16 bits per heavy atom. The first-order chi connectivity index (χ1) is 15.2. The number of aliphatic hydroxyl groups excluding tert-OH is 1. The van der Waals surface area contributed by atoms with Crippen LogP contribution in [0.1, 0.15) is 18.1 Å². The van der Waals surface area contributed by atoms with E-state index in [1.54, 1.807) is 6.20 Å². The van der Waals surface area contributed by atoms with Gasteiger partial charge in [-0.2, -0.15) is 5.10 Å². The molecular formula is C24H25N5O2. The third-order valence-electron chi connectivity index (χ3n) is 5.85. The van der Waals surface area contributed by atoms with Crippen molar-refractivity contribution in [1.82, 2.24) is 20.2 Å². The molecule has 7 nitrogen and oxygen atoms in total. The van der Waals surface area contributed by atoms with Crippen molar-refractivity contribution in [2.24, 2.45) is 0 Å². The van der Waals surface area contributed by atoms with Crippen molar-refractivity contribution in [3.63, 3.8) is 0 Å². The van der Waals surface area contributed by atoms with Gasteiger partial charge in [-0.1, -0.05) is 18.2 Å². The maximum absolute atomic E-state index is 9.68. The zero-order valence-corrected chi connectivity index (χ0v) is 17.7. The van der Waals surface area contributed by atoms with Gasteiger partial charge in [-0.25, -0.2) is 4.98 Å². The van der Waals surface area contributed by atoms with E-state index < -0.39 is 0 Å². The number of ether oxygens (including phenoxy) is 1. The van der Waals surface area contributed by atoms with Crippen LogP contribution in [0.4, 0.5) is 5.82 Å². The van der Waals surface area contributed by atoms with Gasteiger partial charge in [-0.15, -0.1) is 0 Å². The molecule has 0 spiro atoms. The number of nitrogens with zero attached hydrogens (tertiary/aromatic N) is 4. The first-order valence-corrected chi connectivity index (χ1v) is 10.5. The van der Waals surface area contributed by atoms with E-state index in [0.29, 0.717) is 13.2 Å². The topological polar surface area (TPSA) is 87.2 Å². The number of aromatic nitrogens is 4. The van der Waals surface area contributed by atoms with E-state index in [0.717, 1.165) is 56.9 Å². The van der Waals surface area contributed by atoms with Crippen molar-refractivity contribution < 1.29 is 9.84 Å². The molecule has 0 radical (unpaired) electrons. The second kappa shape index (κ2) is 8.09. The second-order valence-corrected chi connectivity index (χ2v) is 7.99.